The topological polar surface area (TPSA) is 0 Å². The van der Waals surface area contributed by atoms with E-state index in [9.17, 15) is 0 Å². The van der Waals surface area contributed by atoms with E-state index < -0.39 is 0 Å². The summed E-state index contributed by atoms with van der Waals surface area (Å²) >= 11 is 0. The van der Waals surface area contributed by atoms with Gasteiger partial charge in [-0.25, -0.2) is 0 Å². The zero-order valence-corrected chi connectivity index (χ0v) is 13.0. The SMILES string of the molecule is CC(C)(C)C1C=C(c2ccccc2)C(c2ccccc2)=C1. The maximum Gasteiger partial charge on any atom is 0.00140 e. The number of benzene rings is 2. The summed E-state index contributed by atoms with van der Waals surface area (Å²) in [5, 5.41) is 0. The smallest absolute Gasteiger partial charge is 0.00140 e. The lowest BCUT2D eigenvalue weighted by Gasteiger charge is -2.23. The molecule has 0 nitrogen and oxygen atoms in total. The van der Waals surface area contributed by atoms with Gasteiger partial charge in [0.05, 0.1) is 0 Å². The van der Waals surface area contributed by atoms with Crippen LogP contribution in [0.5, 0.6) is 0 Å². The van der Waals surface area contributed by atoms with Crippen LogP contribution in [0.1, 0.15) is 31.9 Å². The molecule has 106 valence electrons. The van der Waals surface area contributed by atoms with E-state index in [1.807, 2.05) is 0 Å². The van der Waals surface area contributed by atoms with Crippen molar-refractivity contribution in [3.8, 4) is 0 Å². The molecule has 0 atom stereocenters. The Morgan fingerprint density at radius 1 is 0.619 bits per heavy atom. The van der Waals surface area contributed by atoms with Gasteiger partial charge in [0.2, 0.25) is 0 Å². The Balaban J connectivity index is 2.09. The zero-order chi connectivity index (χ0) is 14.9. The fourth-order valence-electron chi connectivity index (χ4n) is 2.83. The Hall–Kier alpha value is -2.08. The lowest BCUT2D eigenvalue weighted by Crippen LogP contribution is -2.14. The molecule has 0 heterocycles. The Bertz CT molecular complexity index is 611. The molecule has 21 heavy (non-hydrogen) atoms. The Labute approximate surface area is 127 Å². The van der Waals surface area contributed by atoms with Crippen molar-refractivity contribution >= 4 is 11.1 Å². The minimum Gasteiger partial charge on any atom is -0.0686 e. The summed E-state index contributed by atoms with van der Waals surface area (Å²) in [7, 11) is 0. The molecule has 0 unspecified atom stereocenters. The quantitative estimate of drug-likeness (QED) is 0.646. The van der Waals surface area contributed by atoms with Gasteiger partial charge in [-0.2, -0.15) is 0 Å². The van der Waals surface area contributed by atoms with Crippen molar-refractivity contribution in [2.75, 3.05) is 0 Å². The van der Waals surface area contributed by atoms with Gasteiger partial charge in [-0.05, 0) is 27.7 Å². The molecule has 0 bridgehead atoms. The summed E-state index contributed by atoms with van der Waals surface area (Å²) in [6.45, 7) is 6.92. The highest BCUT2D eigenvalue weighted by Gasteiger charge is 2.28. The van der Waals surface area contributed by atoms with Gasteiger partial charge in [-0.3, -0.25) is 0 Å². The predicted molar refractivity (Wildman–Crippen MR) is 91.8 cm³/mol. The van der Waals surface area contributed by atoms with Crippen LogP contribution in [0.15, 0.2) is 72.8 Å². The number of hydrogen-bond acceptors (Lipinski definition) is 0. The molecule has 0 aromatic heterocycles. The maximum atomic E-state index is 2.43. The van der Waals surface area contributed by atoms with Crippen molar-refractivity contribution in [3.63, 3.8) is 0 Å². The van der Waals surface area contributed by atoms with Gasteiger partial charge in [0, 0.05) is 5.92 Å². The zero-order valence-electron chi connectivity index (χ0n) is 13.0. The van der Waals surface area contributed by atoms with E-state index in [1.54, 1.807) is 0 Å². The van der Waals surface area contributed by atoms with E-state index in [1.165, 1.54) is 22.3 Å². The summed E-state index contributed by atoms with van der Waals surface area (Å²) in [5.74, 6) is 0.475. The molecule has 3 rings (SSSR count). The third-order valence-electron chi connectivity index (χ3n) is 4.15. The second kappa shape index (κ2) is 5.37. The fraction of sp³-hybridized carbons (Fsp3) is 0.238. The van der Waals surface area contributed by atoms with E-state index in [2.05, 4.69) is 93.6 Å². The Morgan fingerprint density at radius 2 is 1.00 bits per heavy atom. The highest BCUT2D eigenvalue weighted by molar-refractivity contribution is 6.07. The summed E-state index contributed by atoms with van der Waals surface area (Å²) in [4.78, 5) is 0. The lowest BCUT2D eigenvalue weighted by molar-refractivity contribution is 0.347. The molecule has 0 fully saturated rings. The molecule has 0 aliphatic heterocycles. The average molecular weight is 274 g/mol. The summed E-state index contributed by atoms with van der Waals surface area (Å²) in [5.41, 5.74) is 5.58. The molecular weight excluding hydrogens is 252 g/mol. The minimum atomic E-state index is 0.247. The third-order valence-corrected chi connectivity index (χ3v) is 4.15. The van der Waals surface area contributed by atoms with Gasteiger partial charge in [0.15, 0.2) is 0 Å². The number of rotatable bonds is 2. The van der Waals surface area contributed by atoms with Gasteiger partial charge < -0.3 is 0 Å². The molecular formula is C21H22. The van der Waals surface area contributed by atoms with Crippen LogP contribution < -0.4 is 0 Å². The molecule has 1 aliphatic rings. The molecule has 0 saturated carbocycles. The highest BCUT2D eigenvalue weighted by Crippen LogP contribution is 2.43. The molecule has 0 heteroatoms. The van der Waals surface area contributed by atoms with Crippen LogP contribution in [-0.4, -0.2) is 0 Å². The first-order chi connectivity index (χ1) is 10.1. The van der Waals surface area contributed by atoms with Crippen LogP contribution >= 0.6 is 0 Å². The largest absolute Gasteiger partial charge is 0.0686 e. The van der Waals surface area contributed by atoms with Gasteiger partial charge in [-0.1, -0.05) is 93.6 Å². The van der Waals surface area contributed by atoms with Gasteiger partial charge in [-0.15, -0.1) is 0 Å². The summed E-state index contributed by atoms with van der Waals surface area (Å²) in [6.07, 6.45) is 4.86. The van der Waals surface area contributed by atoms with Crippen molar-refractivity contribution in [2.24, 2.45) is 11.3 Å². The monoisotopic (exact) mass is 274 g/mol. The van der Waals surface area contributed by atoms with Crippen molar-refractivity contribution < 1.29 is 0 Å². The van der Waals surface area contributed by atoms with Crippen LogP contribution in [0, 0.1) is 11.3 Å². The van der Waals surface area contributed by atoms with Gasteiger partial charge >= 0.3 is 0 Å². The number of hydrogen-bond donors (Lipinski definition) is 0. The Morgan fingerprint density at radius 3 is 1.33 bits per heavy atom. The molecule has 0 radical (unpaired) electrons. The van der Waals surface area contributed by atoms with Crippen LogP contribution in [0.25, 0.3) is 11.1 Å². The molecule has 0 spiro atoms. The van der Waals surface area contributed by atoms with Crippen molar-refractivity contribution in [1.29, 1.82) is 0 Å². The van der Waals surface area contributed by atoms with E-state index in [0.29, 0.717) is 5.92 Å². The molecule has 2 aromatic carbocycles. The minimum absolute atomic E-state index is 0.247. The first-order valence-corrected chi connectivity index (χ1v) is 7.60. The molecule has 2 aromatic rings. The Kier molecular flexibility index (Phi) is 3.55. The van der Waals surface area contributed by atoms with Gasteiger partial charge in [0.1, 0.15) is 0 Å². The van der Waals surface area contributed by atoms with Crippen LogP contribution in [0.2, 0.25) is 0 Å². The van der Waals surface area contributed by atoms with E-state index >= 15 is 0 Å². The molecule has 0 saturated heterocycles. The first kappa shape index (κ1) is 13.9. The maximum absolute atomic E-state index is 2.43. The molecule has 0 N–H and O–H groups in total. The predicted octanol–water partition coefficient (Wildman–Crippen LogP) is 5.83. The second-order valence-electron chi connectivity index (χ2n) is 6.78. The number of allylic oxidation sites excluding steroid dienone is 4. The standard InChI is InChI=1S/C21H22/c1-21(2,3)18-14-19(16-10-6-4-7-11-16)20(15-18)17-12-8-5-9-13-17/h4-15,18H,1-3H3. The van der Waals surface area contributed by atoms with Crippen LogP contribution in [-0.2, 0) is 0 Å². The normalized spacial score (nSPS) is 15.8. The van der Waals surface area contributed by atoms with Crippen molar-refractivity contribution in [1.82, 2.24) is 0 Å². The van der Waals surface area contributed by atoms with E-state index in [-0.39, 0.29) is 5.41 Å². The lowest BCUT2D eigenvalue weighted by atomic mass is 9.81. The summed E-state index contributed by atoms with van der Waals surface area (Å²) in [6, 6.07) is 21.4. The molecule has 0 amide bonds. The van der Waals surface area contributed by atoms with Crippen LogP contribution in [0.3, 0.4) is 0 Å². The van der Waals surface area contributed by atoms with Crippen molar-refractivity contribution in [2.45, 2.75) is 20.8 Å². The summed E-state index contributed by atoms with van der Waals surface area (Å²) < 4.78 is 0. The first-order valence-electron chi connectivity index (χ1n) is 7.60. The second-order valence-corrected chi connectivity index (χ2v) is 6.78. The van der Waals surface area contributed by atoms with Gasteiger partial charge in [0.25, 0.3) is 0 Å². The highest BCUT2D eigenvalue weighted by atomic mass is 14.3. The fourth-order valence-corrected chi connectivity index (χ4v) is 2.83. The van der Waals surface area contributed by atoms with Crippen LogP contribution in [0.4, 0.5) is 0 Å². The van der Waals surface area contributed by atoms with E-state index in [0.717, 1.165) is 0 Å². The molecule has 1 aliphatic carbocycles. The van der Waals surface area contributed by atoms with Crippen molar-refractivity contribution in [3.05, 3.63) is 83.9 Å². The third kappa shape index (κ3) is 2.85. The van der Waals surface area contributed by atoms with E-state index in [4.69, 9.17) is 0 Å². The average Bonchev–Trinajstić information content (AvgIpc) is 2.94.